The third-order valence-electron chi connectivity index (χ3n) is 4.24. The van der Waals surface area contributed by atoms with Gasteiger partial charge in [-0.05, 0) is 18.6 Å². The molecule has 128 valence electrons. The van der Waals surface area contributed by atoms with Gasteiger partial charge in [-0.25, -0.2) is 4.98 Å². The first-order valence-corrected chi connectivity index (χ1v) is 8.15. The van der Waals surface area contributed by atoms with E-state index < -0.39 is 0 Å². The van der Waals surface area contributed by atoms with Crippen molar-refractivity contribution < 1.29 is 9.53 Å². The van der Waals surface area contributed by atoms with Crippen LogP contribution in [-0.4, -0.2) is 63.8 Å². The molecule has 24 heavy (non-hydrogen) atoms. The Bertz CT molecular complexity index is 700. The Balaban J connectivity index is 1.63. The Morgan fingerprint density at radius 2 is 2.17 bits per heavy atom. The van der Waals surface area contributed by atoms with E-state index in [0.29, 0.717) is 18.0 Å². The molecular weight excluding hydrogens is 306 g/mol. The molecular formula is C17H23N5O2. The van der Waals surface area contributed by atoms with Gasteiger partial charge in [0.2, 0.25) is 5.88 Å². The maximum absolute atomic E-state index is 12.8. The summed E-state index contributed by atoms with van der Waals surface area (Å²) in [5.41, 5.74) is 1.73. The monoisotopic (exact) mass is 329 g/mol. The Hall–Kier alpha value is -2.41. The van der Waals surface area contributed by atoms with Crippen LogP contribution in [0.1, 0.15) is 22.3 Å². The van der Waals surface area contributed by atoms with E-state index in [-0.39, 0.29) is 5.91 Å². The third-order valence-corrected chi connectivity index (χ3v) is 4.24. The number of rotatable bonds is 4. The lowest BCUT2D eigenvalue weighted by Gasteiger charge is -2.22. The summed E-state index contributed by atoms with van der Waals surface area (Å²) in [5.74, 6) is 0.377. The highest BCUT2D eigenvalue weighted by Gasteiger charge is 2.23. The number of methoxy groups -OCH3 is 1. The molecule has 0 spiro atoms. The summed E-state index contributed by atoms with van der Waals surface area (Å²) in [6.45, 7) is 4.15. The van der Waals surface area contributed by atoms with Crippen LogP contribution < -0.4 is 4.74 Å². The zero-order valence-electron chi connectivity index (χ0n) is 14.2. The highest BCUT2D eigenvalue weighted by Crippen LogP contribution is 2.18. The molecule has 0 aliphatic carbocycles. The number of aryl methyl sites for hydroxylation is 1. The number of hydrogen-bond donors (Lipinski definition) is 0. The predicted octanol–water partition coefficient (Wildman–Crippen LogP) is 1.17. The van der Waals surface area contributed by atoms with Gasteiger partial charge in [-0.1, -0.05) is 0 Å². The van der Waals surface area contributed by atoms with Crippen molar-refractivity contribution in [1.29, 1.82) is 0 Å². The fraction of sp³-hybridized carbons (Fsp3) is 0.471. The van der Waals surface area contributed by atoms with Crippen LogP contribution in [-0.2, 0) is 13.6 Å². The summed E-state index contributed by atoms with van der Waals surface area (Å²) in [5, 5.41) is 4.21. The van der Waals surface area contributed by atoms with Crippen LogP contribution in [0.5, 0.6) is 5.88 Å². The van der Waals surface area contributed by atoms with E-state index in [1.165, 1.54) is 12.7 Å². The minimum atomic E-state index is -0.0109. The molecule has 0 saturated carbocycles. The zero-order chi connectivity index (χ0) is 16.9. The molecule has 2 aromatic heterocycles. The van der Waals surface area contributed by atoms with Crippen molar-refractivity contribution in [3.63, 3.8) is 0 Å². The van der Waals surface area contributed by atoms with Gasteiger partial charge in [0.1, 0.15) is 5.56 Å². The molecule has 0 unspecified atom stereocenters. The Labute approximate surface area is 141 Å². The van der Waals surface area contributed by atoms with Crippen molar-refractivity contribution in [2.24, 2.45) is 7.05 Å². The first kappa shape index (κ1) is 16.4. The molecule has 1 aliphatic rings. The molecule has 1 aliphatic heterocycles. The predicted molar refractivity (Wildman–Crippen MR) is 89.8 cm³/mol. The van der Waals surface area contributed by atoms with E-state index in [1.807, 2.05) is 29.0 Å². The van der Waals surface area contributed by atoms with Crippen LogP contribution in [0.3, 0.4) is 0 Å². The number of amides is 1. The van der Waals surface area contributed by atoms with Gasteiger partial charge in [-0.15, -0.1) is 0 Å². The Morgan fingerprint density at radius 1 is 1.29 bits per heavy atom. The second-order valence-electron chi connectivity index (χ2n) is 6.00. The van der Waals surface area contributed by atoms with Crippen molar-refractivity contribution in [3.05, 3.63) is 41.9 Å². The van der Waals surface area contributed by atoms with Gasteiger partial charge in [0.05, 0.1) is 13.3 Å². The third kappa shape index (κ3) is 3.73. The van der Waals surface area contributed by atoms with Crippen LogP contribution in [0.2, 0.25) is 0 Å². The van der Waals surface area contributed by atoms with Gasteiger partial charge >= 0.3 is 0 Å². The van der Waals surface area contributed by atoms with Crippen molar-refractivity contribution in [3.8, 4) is 5.88 Å². The van der Waals surface area contributed by atoms with Gasteiger partial charge in [0, 0.05) is 57.7 Å². The molecule has 0 N–H and O–H groups in total. The number of nitrogens with zero attached hydrogens (tertiary/aromatic N) is 5. The number of ether oxygens (including phenoxy) is 1. The van der Waals surface area contributed by atoms with E-state index in [2.05, 4.69) is 15.0 Å². The van der Waals surface area contributed by atoms with Gasteiger partial charge in [0.25, 0.3) is 5.91 Å². The topological polar surface area (TPSA) is 63.5 Å². The molecule has 1 saturated heterocycles. The lowest BCUT2D eigenvalue weighted by molar-refractivity contribution is 0.0757. The van der Waals surface area contributed by atoms with Crippen molar-refractivity contribution >= 4 is 5.91 Å². The van der Waals surface area contributed by atoms with Crippen LogP contribution in [0, 0.1) is 0 Å². The van der Waals surface area contributed by atoms with E-state index in [9.17, 15) is 4.79 Å². The molecule has 1 fully saturated rings. The van der Waals surface area contributed by atoms with Gasteiger partial charge < -0.3 is 9.64 Å². The smallest absolute Gasteiger partial charge is 0.259 e. The number of aromatic nitrogens is 3. The number of carbonyl (C=O) groups excluding carboxylic acids is 1. The lowest BCUT2D eigenvalue weighted by Crippen LogP contribution is -2.35. The summed E-state index contributed by atoms with van der Waals surface area (Å²) in [7, 11) is 3.46. The average Bonchev–Trinajstić information content (AvgIpc) is 2.87. The molecule has 0 aromatic carbocycles. The molecule has 3 heterocycles. The molecule has 2 aromatic rings. The largest absolute Gasteiger partial charge is 0.480 e. The summed E-state index contributed by atoms with van der Waals surface area (Å²) in [6.07, 6.45) is 6.52. The highest BCUT2D eigenvalue weighted by molar-refractivity contribution is 5.96. The second-order valence-corrected chi connectivity index (χ2v) is 6.00. The fourth-order valence-electron chi connectivity index (χ4n) is 3.03. The van der Waals surface area contributed by atoms with Crippen molar-refractivity contribution in [2.75, 3.05) is 33.3 Å². The fourth-order valence-corrected chi connectivity index (χ4v) is 3.03. The second kappa shape index (κ2) is 7.44. The number of carbonyl (C=O) groups is 1. The summed E-state index contributed by atoms with van der Waals surface area (Å²) >= 11 is 0. The van der Waals surface area contributed by atoms with Gasteiger partial charge in [0.15, 0.2) is 0 Å². The quantitative estimate of drug-likeness (QED) is 0.843. The van der Waals surface area contributed by atoms with Gasteiger partial charge in [-0.3, -0.25) is 14.4 Å². The average molecular weight is 329 g/mol. The highest BCUT2D eigenvalue weighted by atomic mass is 16.5. The summed E-state index contributed by atoms with van der Waals surface area (Å²) < 4.78 is 7.03. The van der Waals surface area contributed by atoms with E-state index >= 15 is 0 Å². The van der Waals surface area contributed by atoms with E-state index in [1.54, 1.807) is 18.3 Å². The summed E-state index contributed by atoms with van der Waals surface area (Å²) in [6, 6.07) is 3.54. The van der Waals surface area contributed by atoms with Gasteiger partial charge in [-0.2, -0.15) is 5.10 Å². The van der Waals surface area contributed by atoms with Crippen LogP contribution in [0.4, 0.5) is 0 Å². The summed E-state index contributed by atoms with van der Waals surface area (Å²) in [4.78, 5) is 21.2. The van der Waals surface area contributed by atoms with Crippen molar-refractivity contribution in [2.45, 2.75) is 13.0 Å². The standard InChI is InChI=1S/C17H23N5O2/c1-20-12-14(11-19-20)13-21-7-4-8-22(10-9-21)17(23)15-5-3-6-18-16(15)24-2/h3,5-6,11-12H,4,7-10,13H2,1-2H3. The maximum Gasteiger partial charge on any atom is 0.259 e. The first-order valence-electron chi connectivity index (χ1n) is 8.15. The normalized spacial score (nSPS) is 16.0. The SMILES string of the molecule is COc1ncccc1C(=O)N1CCCN(Cc2cnn(C)c2)CC1. The van der Waals surface area contributed by atoms with E-state index in [0.717, 1.165) is 32.6 Å². The minimum Gasteiger partial charge on any atom is -0.480 e. The van der Waals surface area contributed by atoms with Crippen molar-refractivity contribution in [1.82, 2.24) is 24.6 Å². The van der Waals surface area contributed by atoms with E-state index in [4.69, 9.17) is 4.74 Å². The zero-order valence-corrected chi connectivity index (χ0v) is 14.2. The molecule has 7 heteroatoms. The number of pyridine rings is 1. The van der Waals surface area contributed by atoms with Crippen LogP contribution in [0.25, 0.3) is 0 Å². The molecule has 1 amide bonds. The maximum atomic E-state index is 12.8. The molecule has 7 nitrogen and oxygen atoms in total. The Morgan fingerprint density at radius 3 is 2.92 bits per heavy atom. The Kier molecular flexibility index (Phi) is 5.10. The molecule has 0 atom stereocenters. The van der Waals surface area contributed by atoms with Crippen LogP contribution >= 0.6 is 0 Å². The molecule has 0 bridgehead atoms. The minimum absolute atomic E-state index is 0.0109. The van der Waals surface area contributed by atoms with Crippen LogP contribution in [0.15, 0.2) is 30.7 Å². The first-order chi connectivity index (χ1) is 11.7. The number of hydrogen-bond acceptors (Lipinski definition) is 5. The molecule has 0 radical (unpaired) electrons. The molecule has 3 rings (SSSR count). The lowest BCUT2D eigenvalue weighted by atomic mass is 10.2.